The monoisotopic (exact) mass is 328 g/mol. The number of carbonyl (C=O) groups excluding carboxylic acids is 1. The molecule has 1 N–H and O–H groups in total. The Morgan fingerprint density at radius 1 is 0.958 bits per heavy atom. The summed E-state index contributed by atoms with van der Waals surface area (Å²) in [5.41, 5.74) is 1.99. The van der Waals surface area contributed by atoms with Gasteiger partial charge in [0, 0.05) is 29.6 Å². The molecular formula is C21H32N2O. The molecule has 0 saturated heterocycles. The van der Waals surface area contributed by atoms with E-state index in [4.69, 9.17) is 0 Å². The second kappa shape index (κ2) is 5.16. The number of rotatable bonds is 2. The van der Waals surface area contributed by atoms with Gasteiger partial charge in [-0.15, -0.1) is 0 Å². The quantitative estimate of drug-likeness (QED) is 0.829. The van der Waals surface area contributed by atoms with Crippen molar-refractivity contribution in [2.75, 3.05) is 0 Å². The van der Waals surface area contributed by atoms with Gasteiger partial charge in [-0.3, -0.25) is 4.79 Å². The summed E-state index contributed by atoms with van der Waals surface area (Å²) in [5.74, 6) is 2.67. The molecule has 6 atom stereocenters. The topological polar surface area (TPSA) is 41.5 Å². The molecule has 0 radical (unpaired) electrons. The van der Waals surface area contributed by atoms with E-state index in [1.54, 1.807) is 0 Å². The van der Waals surface area contributed by atoms with Crippen LogP contribution in [-0.4, -0.2) is 23.7 Å². The van der Waals surface area contributed by atoms with Crippen LogP contribution in [0.5, 0.6) is 0 Å². The zero-order chi connectivity index (χ0) is 16.5. The third kappa shape index (κ3) is 2.12. The zero-order valence-corrected chi connectivity index (χ0v) is 15.3. The smallest absolute Gasteiger partial charge is 0.245 e. The Kier molecular flexibility index (Phi) is 3.34. The Morgan fingerprint density at radius 2 is 1.79 bits per heavy atom. The van der Waals surface area contributed by atoms with Crippen molar-refractivity contribution >= 4 is 11.6 Å². The highest BCUT2D eigenvalue weighted by molar-refractivity contribution is 6.02. The van der Waals surface area contributed by atoms with E-state index in [-0.39, 0.29) is 11.3 Å². The molecule has 0 bridgehead atoms. The van der Waals surface area contributed by atoms with Crippen LogP contribution in [0.25, 0.3) is 0 Å². The van der Waals surface area contributed by atoms with Crippen LogP contribution in [-0.2, 0) is 4.79 Å². The molecule has 1 aliphatic heterocycles. The van der Waals surface area contributed by atoms with E-state index in [2.05, 4.69) is 24.2 Å². The van der Waals surface area contributed by atoms with Crippen LogP contribution in [0.4, 0.5) is 0 Å². The number of hydrogen-bond acceptors (Lipinski definition) is 2. The molecule has 0 spiro atoms. The van der Waals surface area contributed by atoms with Gasteiger partial charge in [0.2, 0.25) is 5.91 Å². The molecule has 0 aromatic carbocycles. The minimum absolute atomic E-state index is 0.135. The predicted molar refractivity (Wildman–Crippen MR) is 96.0 cm³/mol. The molecule has 1 unspecified atom stereocenters. The van der Waals surface area contributed by atoms with Crippen molar-refractivity contribution in [2.45, 2.75) is 90.1 Å². The summed E-state index contributed by atoms with van der Waals surface area (Å²) in [5, 5.41) is 3.99. The van der Waals surface area contributed by atoms with E-state index in [9.17, 15) is 4.79 Å². The van der Waals surface area contributed by atoms with Crippen LogP contribution in [0.2, 0.25) is 0 Å². The molecule has 24 heavy (non-hydrogen) atoms. The van der Waals surface area contributed by atoms with Gasteiger partial charge in [-0.2, -0.15) is 0 Å². The molecule has 1 heterocycles. The average Bonchev–Trinajstić information content (AvgIpc) is 3.31. The highest BCUT2D eigenvalue weighted by Crippen LogP contribution is 2.63. The van der Waals surface area contributed by atoms with Gasteiger partial charge < -0.3 is 5.32 Å². The first-order chi connectivity index (χ1) is 11.5. The van der Waals surface area contributed by atoms with E-state index < -0.39 is 0 Å². The van der Waals surface area contributed by atoms with E-state index >= 15 is 0 Å². The molecule has 4 aliphatic carbocycles. The molecule has 5 aliphatic rings. The second-order valence-corrected chi connectivity index (χ2v) is 9.90. The number of hydrogen-bond donors (Lipinski definition) is 1. The summed E-state index contributed by atoms with van der Waals surface area (Å²) >= 11 is 0. The number of fused-ring (bicyclic) bond motifs is 5. The summed E-state index contributed by atoms with van der Waals surface area (Å²) in [7, 11) is 0. The minimum atomic E-state index is 0.135. The van der Waals surface area contributed by atoms with Crippen molar-refractivity contribution < 1.29 is 4.79 Å². The van der Waals surface area contributed by atoms with Crippen LogP contribution in [0.3, 0.4) is 0 Å². The van der Waals surface area contributed by atoms with Crippen LogP contribution >= 0.6 is 0 Å². The molecule has 3 heteroatoms. The van der Waals surface area contributed by atoms with Crippen molar-refractivity contribution in [3.8, 4) is 0 Å². The van der Waals surface area contributed by atoms with Crippen LogP contribution in [0, 0.1) is 28.6 Å². The maximum Gasteiger partial charge on any atom is 0.245 e. The predicted octanol–water partition coefficient (Wildman–Crippen LogP) is 4.11. The van der Waals surface area contributed by atoms with Crippen molar-refractivity contribution in [1.82, 2.24) is 5.32 Å². The highest BCUT2D eigenvalue weighted by Gasteiger charge is 2.59. The standard InChI is InChI=1S/C21H32N2O/c1-20-11-9-16-14(15(20)6-8-17(20)22-13-3-4-13)5-7-18-21(16,2)12-10-19(24)23-18/h13-17,22H,3-12H2,1-2H3/t14-,15-,16-,17?,20-,21+/m0/s1. The first kappa shape index (κ1) is 15.5. The molecule has 1 amide bonds. The van der Waals surface area contributed by atoms with Crippen molar-refractivity contribution in [3.05, 3.63) is 0 Å². The number of amides is 1. The molecule has 0 aromatic rings. The summed E-state index contributed by atoms with van der Waals surface area (Å²) < 4.78 is 0. The number of nitrogens with one attached hydrogen (secondary N) is 1. The second-order valence-electron chi connectivity index (χ2n) is 9.90. The average molecular weight is 329 g/mol. The Balaban J connectivity index is 1.42. The Hall–Kier alpha value is -0.700. The van der Waals surface area contributed by atoms with Gasteiger partial charge in [-0.1, -0.05) is 13.8 Å². The number of nitrogens with zero attached hydrogens (tertiary/aromatic N) is 1. The number of aliphatic imine (C=N–C) groups is 1. The van der Waals surface area contributed by atoms with Crippen LogP contribution < -0.4 is 5.32 Å². The Labute approximate surface area is 146 Å². The minimum Gasteiger partial charge on any atom is -0.311 e. The van der Waals surface area contributed by atoms with E-state index in [1.807, 2.05) is 0 Å². The lowest BCUT2D eigenvalue weighted by atomic mass is 9.48. The van der Waals surface area contributed by atoms with E-state index in [0.717, 1.165) is 42.7 Å². The largest absolute Gasteiger partial charge is 0.311 e. The first-order valence-electron chi connectivity index (χ1n) is 10.4. The van der Waals surface area contributed by atoms with Crippen molar-refractivity contribution in [1.29, 1.82) is 0 Å². The summed E-state index contributed by atoms with van der Waals surface area (Å²) in [6, 6.07) is 1.59. The van der Waals surface area contributed by atoms with Crippen molar-refractivity contribution in [2.24, 2.45) is 33.6 Å². The maximum atomic E-state index is 11.8. The third-order valence-electron chi connectivity index (χ3n) is 8.76. The van der Waals surface area contributed by atoms with E-state index in [0.29, 0.717) is 11.8 Å². The SMILES string of the molecule is C[C@]12CCC(=O)N=C1CC[C@@H]1[C@@H]2CC[C@]2(C)C(NC3CC3)CC[C@@H]12. The summed E-state index contributed by atoms with van der Waals surface area (Å²) in [4.78, 5) is 16.3. The lowest BCUT2D eigenvalue weighted by Crippen LogP contribution is -2.55. The van der Waals surface area contributed by atoms with Crippen LogP contribution in [0.1, 0.15) is 78.1 Å². The van der Waals surface area contributed by atoms with Gasteiger partial charge >= 0.3 is 0 Å². The molecule has 5 rings (SSSR count). The Bertz CT molecular complexity index is 595. The first-order valence-corrected chi connectivity index (χ1v) is 10.4. The fourth-order valence-electron chi connectivity index (χ4n) is 7.18. The normalized spacial score (nSPS) is 50.8. The molecule has 4 saturated carbocycles. The Morgan fingerprint density at radius 3 is 2.58 bits per heavy atom. The van der Waals surface area contributed by atoms with Gasteiger partial charge in [0.05, 0.1) is 0 Å². The van der Waals surface area contributed by atoms with E-state index in [1.165, 1.54) is 50.7 Å². The molecular weight excluding hydrogens is 296 g/mol. The van der Waals surface area contributed by atoms with Crippen molar-refractivity contribution in [3.63, 3.8) is 0 Å². The van der Waals surface area contributed by atoms with Gasteiger partial charge in [-0.25, -0.2) is 4.99 Å². The van der Waals surface area contributed by atoms with Gasteiger partial charge in [0.1, 0.15) is 0 Å². The molecule has 3 nitrogen and oxygen atoms in total. The molecule has 132 valence electrons. The molecule has 0 aromatic heterocycles. The maximum absolute atomic E-state index is 11.8. The lowest BCUT2D eigenvalue weighted by molar-refractivity contribution is -0.119. The summed E-state index contributed by atoms with van der Waals surface area (Å²) in [6.07, 6.45) is 12.4. The highest BCUT2D eigenvalue weighted by atomic mass is 16.1. The zero-order valence-electron chi connectivity index (χ0n) is 15.3. The fraction of sp³-hybridized carbons (Fsp3) is 0.905. The van der Waals surface area contributed by atoms with Gasteiger partial charge in [0.25, 0.3) is 0 Å². The van der Waals surface area contributed by atoms with Gasteiger partial charge in [0.15, 0.2) is 0 Å². The number of carbonyl (C=O) groups is 1. The summed E-state index contributed by atoms with van der Waals surface area (Å²) in [6.45, 7) is 5.03. The third-order valence-corrected chi connectivity index (χ3v) is 8.76. The van der Waals surface area contributed by atoms with Gasteiger partial charge in [-0.05, 0) is 81.0 Å². The fourth-order valence-corrected chi connectivity index (χ4v) is 7.18. The molecule has 4 fully saturated rings. The van der Waals surface area contributed by atoms with Crippen LogP contribution in [0.15, 0.2) is 4.99 Å². The lowest BCUT2D eigenvalue weighted by Gasteiger charge is -2.57.